The van der Waals surface area contributed by atoms with Crippen LogP contribution >= 0.6 is 11.3 Å². The number of hydrogen-bond acceptors (Lipinski definition) is 5. The number of thiophene rings is 1. The van der Waals surface area contributed by atoms with Crippen molar-refractivity contribution in [3.05, 3.63) is 34.3 Å². The lowest BCUT2D eigenvalue weighted by Gasteiger charge is -2.39. The summed E-state index contributed by atoms with van der Waals surface area (Å²) in [5, 5.41) is 24.5. The maximum Gasteiger partial charge on any atom is 0.252 e. The third-order valence-corrected chi connectivity index (χ3v) is 5.89. The molecule has 132 valence electrons. The smallest absolute Gasteiger partial charge is 0.252 e. The number of rotatable bonds is 5. The van der Waals surface area contributed by atoms with E-state index >= 15 is 0 Å². The molecule has 1 amide bonds. The molecule has 25 heavy (non-hydrogen) atoms. The van der Waals surface area contributed by atoms with Crippen LogP contribution in [-0.4, -0.2) is 20.9 Å². The Hall–Kier alpha value is -2.20. The van der Waals surface area contributed by atoms with Crippen LogP contribution in [0.3, 0.4) is 0 Å². The van der Waals surface area contributed by atoms with Crippen LogP contribution in [0, 0.1) is 17.2 Å². The Bertz CT molecular complexity index is 757. The van der Waals surface area contributed by atoms with Crippen LogP contribution < -0.4 is 5.32 Å². The average Bonchev–Trinajstić information content (AvgIpc) is 3.33. The summed E-state index contributed by atoms with van der Waals surface area (Å²) in [6.45, 7) is 3.82. The van der Waals surface area contributed by atoms with E-state index in [-0.39, 0.29) is 11.9 Å². The van der Waals surface area contributed by atoms with Crippen LogP contribution in [0.1, 0.15) is 68.0 Å². The minimum absolute atomic E-state index is 0.0859. The van der Waals surface area contributed by atoms with Crippen LogP contribution in [0.2, 0.25) is 0 Å². The lowest BCUT2D eigenvalue weighted by Crippen LogP contribution is -2.49. The molecule has 0 saturated heterocycles. The highest BCUT2D eigenvalue weighted by molar-refractivity contribution is 7.08. The van der Waals surface area contributed by atoms with Crippen molar-refractivity contribution in [2.24, 2.45) is 5.92 Å². The van der Waals surface area contributed by atoms with Gasteiger partial charge < -0.3 is 5.32 Å². The quantitative estimate of drug-likeness (QED) is 0.885. The van der Waals surface area contributed by atoms with Crippen molar-refractivity contribution >= 4 is 17.2 Å². The Labute approximate surface area is 151 Å². The standard InChI is InChI=1S/C18H23N5OS/c1-13(10-19)23-11-16(21-22-23)18(2,15-6-4-3-5-7-15)20-17(24)14-8-9-25-12-14/h8-9,11-13,15H,3-7H2,1-2H3,(H,20,24)/t13-,18-/m1/s1. The van der Waals surface area contributed by atoms with Gasteiger partial charge in [0.2, 0.25) is 0 Å². The van der Waals surface area contributed by atoms with Crippen molar-refractivity contribution in [1.29, 1.82) is 5.26 Å². The maximum absolute atomic E-state index is 12.7. The number of nitrogens with zero attached hydrogens (tertiary/aromatic N) is 4. The van der Waals surface area contributed by atoms with E-state index in [0.29, 0.717) is 11.5 Å². The van der Waals surface area contributed by atoms with Gasteiger partial charge in [-0.05, 0) is 44.1 Å². The Morgan fingerprint density at radius 3 is 2.88 bits per heavy atom. The molecule has 0 bridgehead atoms. The Morgan fingerprint density at radius 1 is 1.48 bits per heavy atom. The highest BCUT2D eigenvalue weighted by Crippen LogP contribution is 2.38. The molecular weight excluding hydrogens is 334 g/mol. The average molecular weight is 357 g/mol. The number of carbonyl (C=O) groups is 1. The molecule has 2 aromatic heterocycles. The van der Waals surface area contributed by atoms with E-state index in [1.807, 2.05) is 23.8 Å². The van der Waals surface area contributed by atoms with Gasteiger partial charge in [-0.15, -0.1) is 5.10 Å². The number of amides is 1. The predicted octanol–water partition coefficient (Wildman–Crippen LogP) is 3.65. The maximum atomic E-state index is 12.7. The van der Waals surface area contributed by atoms with Gasteiger partial charge in [-0.2, -0.15) is 16.6 Å². The second-order valence-electron chi connectivity index (χ2n) is 6.89. The van der Waals surface area contributed by atoms with Gasteiger partial charge in [0.25, 0.3) is 5.91 Å². The minimum atomic E-state index is -0.590. The molecule has 0 spiro atoms. The van der Waals surface area contributed by atoms with Crippen LogP contribution in [0.5, 0.6) is 0 Å². The predicted molar refractivity (Wildman–Crippen MR) is 96.1 cm³/mol. The first-order valence-corrected chi connectivity index (χ1v) is 9.65. The van der Waals surface area contributed by atoms with Gasteiger partial charge in [-0.1, -0.05) is 24.5 Å². The van der Waals surface area contributed by atoms with Crippen molar-refractivity contribution < 1.29 is 4.79 Å². The summed E-state index contributed by atoms with van der Waals surface area (Å²) < 4.78 is 1.56. The van der Waals surface area contributed by atoms with Gasteiger partial charge in [0.15, 0.2) is 0 Å². The van der Waals surface area contributed by atoms with Gasteiger partial charge >= 0.3 is 0 Å². The van der Waals surface area contributed by atoms with Gasteiger partial charge in [0.05, 0.1) is 23.4 Å². The third-order valence-electron chi connectivity index (χ3n) is 5.20. The largest absolute Gasteiger partial charge is 0.341 e. The molecule has 0 aromatic carbocycles. The van der Waals surface area contributed by atoms with Crippen molar-refractivity contribution in [3.8, 4) is 6.07 Å². The Kier molecular flexibility index (Phi) is 5.19. The molecular formula is C18H23N5OS. The van der Waals surface area contributed by atoms with Crippen LogP contribution in [0.4, 0.5) is 0 Å². The molecule has 1 saturated carbocycles. The first-order chi connectivity index (χ1) is 12.0. The number of hydrogen-bond donors (Lipinski definition) is 1. The van der Waals surface area contributed by atoms with Gasteiger partial charge in [-0.25, -0.2) is 4.68 Å². The molecule has 1 aliphatic carbocycles. The first kappa shape index (κ1) is 17.6. The van der Waals surface area contributed by atoms with E-state index in [4.69, 9.17) is 5.26 Å². The summed E-state index contributed by atoms with van der Waals surface area (Å²) in [6.07, 6.45) is 7.48. The zero-order chi connectivity index (χ0) is 17.9. The second kappa shape index (κ2) is 7.36. The molecule has 1 N–H and O–H groups in total. The fraction of sp³-hybridized carbons (Fsp3) is 0.556. The summed E-state index contributed by atoms with van der Waals surface area (Å²) in [6, 6.07) is 3.61. The highest BCUT2D eigenvalue weighted by atomic mass is 32.1. The van der Waals surface area contributed by atoms with Crippen LogP contribution in [-0.2, 0) is 5.54 Å². The van der Waals surface area contributed by atoms with E-state index in [9.17, 15) is 4.79 Å². The molecule has 6 nitrogen and oxygen atoms in total. The van der Waals surface area contributed by atoms with E-state index in [1.165, 1.54) is 17.8 Å². The topological polar surface area (TPSA) is 83.6 Å². The Balaban J connectivity index is 1.92. The summed E-state index contributed by atoms with van der Waals surface area (Å²) in [4.78, 5) is 12.7. The highest BCUT2D eigenvalue weighted by Gasteiger charge is 2.40. The van der Waals surface area contributed by atoms with Gasteiger partial charge in [0, 0.05) is 5.38 Å². The van der Waals surface area contributed by atoms with Crippen LogP contribution in [0.25, 0.3) is 0 Å². The zero-order valence-electron chi connectivity index (χ0n) is 14.6. The van der Waals surface area contributed by atoms with E-state index in [1.54, 1.807) is 17.8 Å². The number of carbonyl (C=O) groups excluding carboxylic acids is 1. The molecule has 7 heteroatoms. The molecule has 1 aliphatic rings. The fourth-order valence-electron chi connectivity index (χ4n) is 3.52. The molecule has 2 aromatic rings. The van der Waals surface area contributed by atoms with E-state index in [2.05, 4.69) is 21.7 Å². The normalized spacial score (nSPS) is 18.9. The zero-order valence-corrected chi connectivity index (χ0v) is 15.4. The summed E-state index contributed by atoms with van der Waals surface area (Å²) in [5.74, 6) is 0.226. The lowest BCUT2D eigenvalue weighted by molar-refractivity contribution is 0.0829. The number of nitriles is 1. The molecule has 2 heterocycles. The SMILES string of the molecule is C[C@H](C#N)n1cc([C@](C)(NC(=O)c2ccsc2)C2CCCCC2)nn1. The molecule has 2 atom stereocenters. The molecule has 3 rings (SSSR count). The molecule has 1 fully saturated rings. The van der Waals surface area contributed by atoms with Gasteiger partial charge in [-0.3, -0.25) is 4.79 Å². The van der Waals surface area contributed by atoms with E-state index in [0.717, 1.165) is 31.4 Å². The second-order valence-corrected chi connectivity index (χ2v) is 7.67. The molecule has 0 aliphatic heterocycles. The fourth-order valence-corrected chi connectivity index (χ4v) is 4.16. The summed E-state index contributed by atoms with van der Waals surface area (Å²) in [7, 11) is 0. The van der Waals surface area contributed by atoms with Crippen molar-refractivity contribution in [3.63, 3.8) is 0 Å². The molecule has 0 unspecified atom stereocenters. The van der Waals surface area contributed by atoms with Crippen molar-refractivity contribution in [2.45, 2.75) is 57.5 Å². The van der Waals surface area contributed by atoms with Crippen molar-refractivity contribution in [1.82, 2.24) is 20.3 Å². The van der Waals surface area contributed by atoms with Crippen LogP contribution in [0.15, 0.2) is 23.0 Å². The van der Waals surface area contributed by atoms with Crippen molar-refractivity contribution in [2.75, 3.05) is 0 Å². The third kappa shape index (κ3) is 3.59. The van der Waals surface area contributed by atoms with E-state index < -0.39 is 5.54 Å². The minimum Gasteiger partial charge on any atom is -0.341 e. The molecule has 0 radical (unpaired) electrons. The summed E-state index contributed by atoms with van der Waals surface area (Å²) >= 11 is 1.51. The number of aromatic nitrogens is 3. The summed E-state index contributed by atoms with van der Waals surface area (Å²) in [5.41, 5.74) is 0.808. The number of nitrogens with one attached hydrogen (secondary N) is 1. The monoisotopic (exact) mass is 357 g/mol. The Morgan fingerprint density at radius 2 is 2.24 bits per heavy atom. The van der Waals surface area contributed by atoms with Gasteiger partial charge in [0.1, 0.15) is 11.7 Å². The first-order valence-electron chi connectivity index (χ1n) is 8.71. The lowest BCUT2D eigenvalue weighted by atomic mass is 9.74.